The second-order valence-electron chi connectivity index (χ2n) is 4.23. The van der Waals surface area contributed by atoms with E-state index in [9.17, 15) is 9.59 Å². The lowest BCUT2D eigenvalue weighted by Crippen LogP contribution is -2.27. The fourth-order valence-corrected chi connectivity index (χ4v) is 1.75. The zero-order valence-corrected chi connectivity index (χ0v) is 12.2. The lowest BCUT2D eigenvalue weighted by molar-refractivity contribution is -0.141. The largest absolute Gasteiger partial charge is 0.495 e. The maximum Gasteiger partial charge on any atom is 0.325 e. The average Bonchev–Trinajstić information content (AvgIpc) is 2.38. The molecular weight excluding hydrogens is 260 g/mol. The van der Waals surface area contributed by atoms with Crippen molar-refractivity contribution >= 4 is 23.3 Å². The molecule has 1 aromatic rings. The molecule has 0 bridgehead atoms. The molecule has 0 heterocycles. The summed E-state index contributed by atoms with van der Waals surface area (Å²) in [4.78, 5) is 24.3. The Hall–Kier alpha value is -2.24. The Morgan fingerprint density at radius 3 is 2.60 bits per heavy atom. The van der Waals surface area contributed by atoms with Crippen molar-refractivity contribution < 1.29 is 19.1 Å². The highest BCUT2D eigenvalue weighted by Crippen LogP contribution is 2.30. The number of ether oxygens (including phenoxy) is 2. The molecule has 0 atom stereocenters. The van der Waals surface area contributed by atoms with Crippen LogP contribution in [-0.2, 0) is 14.3 Å². The maximum atomic E-state index is 11.5. The van der Waals surface area contributed by atoms with Gasteiger partial charge in [0.2, 0.25) is 5.91 Å². The van der Waals surface area contributed by atoms with Gasteiger partial charge in [0, 0.05) is 19.7 Å². The summed E-state index contributed by atoms with van der Waals surface area (Å²) in [6.07, 6.45) is 0. The predicted molar refractivity (Wildman–Crippen MR) is 77.2 cm³/mol. The number of carbonyl (C=O) groups excluding carboxylic acids is 2. The Bertz CT molecular complexity index is 488. The third kappa shape index (κ3) is 4.46. The SMILES string of the molecule is CCOC(=O)CN(C)c1cc(NC(C)=O)ccc1OC. The van der Waals surface area contributed by atoms with Gasteiger partial charge in [-0.1, -0.05) is 0 Å². The van der Waals surface area contributed by atoms with Crippen LogP contribution in [0.25, 0.3) is 0 Å². The number of anilines is 2. The molecule has 0 aliphatic carbocycles. The highest BCUT2D eigenvalue weighted by atomic mass is 16.5. The molecular formula is C14H20N2O4. The van der Waals surface area contributed by atoms with Gasteiger partial charge < -0.3 is 19.7 Å². The van der Waals surface area contributed by atoms with E-state index < -0.39 is 0 Å². The fourth-order valence-electron chi connectivity index (χ4n) is 1.75. The molecule has 110 valence electrons. The smallest absolute Gasteiger partial charge is 0.325 e. The number of likely N-dealkylation sites (N-methyl/N-ethyl adjacent to an activating group) is 1. The van der Waals surface area contributed by atoms with E-state index in [1.807, 2.05) is 0 Å². The summed E-state index contributed by atoms with van der Waals surface area (Å²) in [7, 11) is 3.31. The number of rotatable bonds is 6. The molecule has 0 spiro atoms. The van der Waals surface area contributed by atoms with Crippen molar-refractivity contribution in [1.82, 2.24) is 0 Å². The Labute approximate surface area is 118 Å². The van der Waals surface area contributed by atoms with Crippen LogP contribution in [0.5, 0.6) is 5.75 Å². The normalized spacial score (nSPS) is 9.80. The Balaban J connectivity index is 2.94. The van der Waals surface area contributed by atoms with E-state index in [0.29, 0.717) is 23.7 Å². The van der Waals surface area contributed by atoms with Gasteiger partial charge in [-0.25, -0.2) is 0 Å². The van der Waals surface area contributed by atoms with E-state index in [2.05, 4.69) is 5.32 Å². The van der Waals surface area contributed by atoms with E-state index in [-0.39, 0.29) is 18.4 Å². The van der Waals surface area contributed by atoms with Crippen molar-refractivity contribution in [1.29, 1.82) is 0 Å². The third-order valence-electron chi connectivity index (χ3n) is 2.58. The molecule has 1 rings (SSSR count). The number of methoxy groups -OCH3 is 1. The Morgan fingerprint density at radius 1 is 1.35 bits per heavy atom. The van der Waals surface area contributed by atoms with Crippen LogP contribution in [-0.4, -0.2) is 39.2 Å². The summed E-state index contributed by atoms with van der Waals surface area (Å²) >= 11 is 0. The van der Waals surface area contributed by atoms with Crippen LogP contribution in [0.1, 0.15) is 13.8 Å². The van der Waals surface area contributed by atoms with Crippen molar-refractivity contribution in [3.05, 3.63) is 18.2 Å². The standard InChI is InChI=1S/C14H20N2O4/c1-5-20-14(18)9-16(3)12-8-11(15-10(2)17)6-7-13(12)19-4/h6-8H,5,9H2,1-4H3,(H,15,17). The molecule has 6 nitrogen and oxygen atoms in total. The molecule has 1 amide bonds. The number of nitrogens with one attached hydrogen (secondary N) is 1. The summed E-state index contributed by atoms with van der Waals surface area (Å²) in [6, 6.07) is 5.23. The minimum absolute atomic E-state index is 0.105. The molecule has 0 aliphatic rings. The number of hydrogen-bond acceptors (Lipinski definition) is 5. The van der Waals surface area contributed by atoms with Gasteiger partial charge in [-0.15, -0.1) is 0 Å². The summed E-state index contributed by atoms with van der Waals surface area (Å²) in [6.45, 7) is 3.64. The molecule has 0 aromatic heterocycles. The van der Waals surface area contributed by atoms with Crippen LogP contribution in [0.2, 0.25) is 0 Å². The van der Waals surface area contributed by atoms with Gasteiger partial charge in [0.1, 0.15) is 12.3 Å². The maximum absolute atomic E-state index is 11.5. The van der Waals surface area contributed by atoms with Gasteiger partial charge in [-0.2, -0.15) is 0 Å². The van der Waals surface area contributed by atoms with E-state index in [4.69, 9.17) is 9.47 Å². The number of esters is 1. The Kier molecular flexibility index (Phi) is 5.83. The van der Waals surface area contributed by atoms with Crippen molar-refractivity contribution in [2.75, 3.05) is 37.5 Å². The lowest BCUT2D eigenvalue weighted by atomic mass is 10.2. The molecule has 0 unspecified atom stereocenters. The predicted octanol–water partition coefficient (Wildman–Crippen LogP) is 1.65. The van der Waals surface area contributed by atoms with Crippen LogP contribution in [0.4, 0.5) is 11.4 Å². The van der Waals surface area contributed by atoms with Crippen LogP contribution >= 0.6 is 0 Å². The van der Waals surface area contributed by atoms with E-state index >= 15 is 0 Å². The number of benzene rings is 1. The van der Waals surface area contributed by atoms with Gasteiger partial charge in [0.15, 0.2) is 0 Å². The first-order chi connectivity index (χ1) is 9.47. The van der Waals surface area contributed by atoms with Crippen molar-refractivity contribution in [2.45, 2.75) is 13.8 Å². The van der Waals surface area contributed by atoms with Crippen LogP contribution in [0.15, 0.2) is 18.2 Å². The molecule has 1 aromatic carbocycles. The average molecular weight is 280 g/mol. The quantitative estimate of drug-likeness (QED) is 0.803. The number of amides is 1. The van der Waals surface area contributed by atoms with Gasteiger partial charge in [0.05, 0.1) is 19.4 Å². The summed E-state index contributed by atoms with van der Waals surface area (Å²) in [5.74, 6) is 0.141. The molecule has 6 heteroatoms. The van der Waals surface area contributed by atoms with Crippen LogP contribution < -0.4 is 15.0 Å². The molecule has 0 radical (unpaired) electrons. The van der Waals surface area contributed by atoms with Gasteiger partial charge in [-0.05, 0) is 25.1 Å². The van der Waals surface area contributed by atoms with Crippen molar-refractivity contribution in [3.63, 3.8) is 0 Å². The first-order valence-electron chi connectivity index (χ1n) is 6.30. The van der Waals surface area contributed by atoms with E-state index in [0.717, 1.165) is 0 Å². The molecule has 0 saturated carbocycles. The third-order valence-corrected chi connectivity index (χ3v) is 2.58. The first kappa shape index (κ1) is 15.8. The first-order valence-corrected chi connectivity index (χ1v) is 6.30. The molecule has 0 saturated heterocycles. The monoisotopic (exact) mass is 280 g/mol. The summed E-state index contributed by atoms with van der Waals surface area (Å²) in [5.41, 5.74) is 1.34. The van der Waals surface area contributed by atoms with Gasteiger partial charge in [-0.3, -0.25) is 9.59 Å². The topological polar surface area (TPSA) is 67.9 Å². The second-order valence-corrected chi connectivity index (χ2v) is 4.23. The minimum Gasteiger partial charge on any atom is -0.495 e. The van der Waals surface area contributed by atoms with Gasteiger partial charge >= 0.3 is 5.97 Å². The minimum atomic E-state index is -0.318. The van der Waals surface area contributed by atoms with E-state index in [1.54, 1.807) is 44.2 Å². The molecule has 0 aliphatic heterocycles. The van der Waals surface area contributed by atoms with Crippen LogP contribution in [0, 0.1) is 0 Å². The number of nitrogens with zero attached hydrogens (tertiary/aromatic N) is 1. The van der Waals surface area contributed by atoms with E-state index in [1.165, 1.54) is 6.92 Å². The number of hydrogen-bond donors (Lipinski definition) is 1. The molecule has 1 N–H and O–H groups in total. The number of carbonyl (C=O) groups is 2. The summed E-state index contributed by atoms with van der Waals surface area (Å²) in [5, 5.41) is 2.69. The van der Waals surface area contributed by atoms with Crippen molar-refractivity contribution in [2.24, 2.45) is 0 Å². The zero-order chi connectivity index (χ0) is 15.1. The second kappa shape index (κ2) is 7.37. The zero-order valence-electron chi connectivity index (χ0n) is 12.2. The summed E-state index contributed by atoms with van der Waals surface area (Å²) < 4.78 is 10.2. The lowest BCUT2D eigenvalue weighted by Gasteiger charge is -2.21. The highest BCUT2D eigenvalue weighted by Gasteiger charge is 2.13. The van der Waals surface area contributed by atoms with Crippen LogP contribution in [0.3, 0.4) is 0 Å². The fraction of sp³-hybridized carbons (Fsp3) is 0.429. The Morgan fingerprint density at radius 2 is 2.05 bits per heavy atom. The van der Waals surface area contributed by atoms with Crippen molar-refractivity contribution in [3.8, 4) is 5.75 Å². The molecule has 20 heavy (non-hydrogen) atoms. The molecule has 0 fully saturated rings. The van der Waals surface area contributed by atoms with Gasteiger partial charge in [0.25, 0.3) is 0 Å². The highest BCUT2D eigenvalue weighted by molar-refractivity contribution is 5.90.